The van der Waals surface area contributed by atoms with E-state index in [1.807, 2.05) is 0 Å². The minimum atomic E-state index is 0.807. The maximum Gasteiger partial charge on any atom is -0.00233 e. The highest BCUT2D eigenvalue weighted by Crippen LogP contribution is 2.02. The number of nitrogens with one attached hydrogen (secondary N) is 1. The highest BCUT2D eigenvalue weighted by molar-refractivity contribution is 5.14. The third-order valence-corrected chi connectivity index (χ3v) is 2.85. The molecule has 1 aromatic rings. The summed E-state index contributed by atoms with van der Waals surface area (Å²) in [5.74, 6) is 0.807. The van der Waals surface area contributed by atoms with E-state index in [0.717, 1.165) is 19.0 Å². The number of benzene rings is 1. The highest BCUT2D eigenvalue weighted by atomic mass is 14.8. The van der Waals surface area contributed by atoms with Crippen LogP contribution in [0.3, 0.4) is 0 Å². The van der Waals surface area contributed by atoms with Gasteiger partial charge in [0.1, 0.15) is 0 Å². The van der Waals surface area contributed by atoms with Crippen LogP contribution in [0.4, 0.5) is 0 Å². The molecule has 0 saturated heterocycles. The van der Waals surface area contributed by atoms with Gasteiger partial charge in [0.05, 0.1) is 0 Å². The SMILES string of the molecule is CCC(C)CNCCCc1ccccc1. The highest BCUT2D eigenvalue weighted by Gasteiger charge is 1.97. The first-order chi connectivity index (χ1) is 7.33. The summed E-state index contributed by atoms with van der Waals surface area (Å²) in [6.45, 7) is 6.84. The molecule has 0 saturated carbocycles. The van der Waals surface area contributed by atoms with E-state index in [-0.39, 0.29) is 0 Å². The summed E-state index contributed by atoms with van der Waals surface area (Å²) < 4.78 is 0. The van der Waals surface area contributed by atoms with Gasteiger partial charge in [-0.15, -0.1) is 0 Å². The summed E-state index contributed by atoms with van der Waals surface area (Å²) in [4.78, 5) is 0. The summed E-state index contributed by atoms with van der Waals surface area (Å²) >= 11 is 0. The number of hydrogen-bond donors (Lipinski definition) is 1. The van der Waals surface area contributed by atoms with Gasteiger partial charge in [-0.1, -0.05) is 50.6 Å². The molecule has 1 nitrogen and oxygen atoms in total. The predicted octanol–water partition coefficient (Wildman–Crippen LogP) is 3.25. The van der Waals surface area contributed by atoms with Gasteiger partial charge >= 0.3 is 0 Å². The first-order valence-electron chi connectivity index (χ1n) is 6.07. The Morgan fingerprint density at radius 3 is 2.60 bits per heavy atom. The topological polar surface area (TPSA) is 12.0 Å². The Kier molecular flexibility index (Phi) is 6.10. The molecule has 0 amide bonds. The molecule has 0 bridgehead atoms. The Morgan fingerprint density at radius 2 is 1.93 bits per heavy atom. The molecule has 1 atom stereocenters. The van der Waals surface area contributed by atoms with E-state index < -0.39 is 0 Å². The molecule has 0 radical (unpaired) electrons. The zero-order valence-electron chi connectivity index (χ0n) is 10.00. The Morgan fingerprint density at radius 1 is 1.20 bits per heavy atom. The predicted molar refractivity (Wildman–Crippen MR) is 67.1 cm³/mol. The molecule has 0 aliphatic heterocycles. The fourth-order valence-electron chi connectivity index (χ4n) is 1.55. The minimum absolute atomic E-state index is 0.807. The van der Waals surface area contributed by atoms with Gasteiger partial charge in [0.2, 0.25) is 0 Å². The lowest BCUT2D eigenvalue weighted by Gasteiger charge is -2.09. The minimum Gasteiger partial charge on any atom is -0.316 e. The molecule has 0 heterocycles. The van der Waals surface area contributed by atoms with Gasteiger partial charge in [-0.05, 0) is 37.4 Å². The molecule has 0 aliphatic rings. The summed E-state index contributed by atoms with van der Waals surface area (Å²) in [5.41, 5.74) is 1.45. The van der Waals surface area contributed by atoms with Crippen LogP contribution in [0.5, 0.6) is 0 Å². The van der Waals surface area contributed by atoms with Gasteiger partial charge < -0.3 is 5.32 Å². The molecule has 84 valence electrons. The number of aryl methyl sites for hydroxylation is 1. The maximum atomic E-state index is 3.51. The lowest BCUT2D eigenvalue weighted by atomic mass is 10.1. The van der Waals surface area contributed by atoms with Crippen molar-refractivity contribution in [1.29, 1.82) is 0 Å². The van der Waals surface area contributed by atoms with Crippen molar-refractivity contribution in [3.8, 4) is 0 Å². The number of hydrogen-bond acceptors (Lipinski definition) is 1. The van der Waals surface area contributed by atoms with E-state index in [4.69, 9.17) is 0 Å². The van der Waals surface area contributed by atoms with Crippen molar-refractivity contribution in [3.05, 3.63) is 35.9 Å². The molecule has 1 aromatic carbocycles. The Hall–Kier alpha value is -0.820. The van der Waals surface area contributed by atoms with E-state index in [0.29, 0.717) is 0 Å². The molecule has 1 rings (SSSR count). The second kappa shape index (κ2) is 7.47. The molecular weight excluding hydrogens is 182 g/mol. The normalized spacial score (nSPS) is 12.7. The second-order valence-corrected chi connectivity index (χ2v) is 4.31. The van der Waals surface area contributed by atoms with Crippen molar-refractivity contribution in [2.24, 2.45) is 5.92 Å². The van der Waals surface area contributed by atoms with Gasteiger partial charge in [0.25, 0.3) is 0 Å². The molecular formula is C14H23N. The second-order valence-electron chi connectivity index (χ2n) is 4.31. The van der Waals surface area contributed by atoms with Crippen LogP contribution in [0.15, 0.2) is 30.3 Å². The Labute approximate surface area is 93.9 Å². The molecule has 1 unspecified atom stereocenters. The van der Waals surface area contributed by atoms with Crippen LogP contribution < -0.4 is 5.32 Å². The largest absolute Gasteiger partial charge is 0.316 e. The van der Waals surface area contributed by atoms with Crippen LogP contribution in [-0.4, -0.2) is 13.1 Å². The van der Waals surface area contributed by atoms with Crippen LogP contribution in [0.1, 0.15) is 32.3 Å². The van der Waals surface area contributed by atoms with E-state index in [1.165, 1.54) is 24.8 Å². The van der Waals surface area contributed by atoms with Crippen molar-refractivity contribution < 1.29 is 0 Å². The van der Waals surface area contributed by atoms with Gasteiger partial charge in [-0.3, -0.25) is 0 Å². The van der Waals surface area contributed by atoms with Gasteiger partial charge in [-0.25, -0.2) is 0 Å². The summed E-state index contributed by atoms with van der Waals surface area (Å²) in [6, 6.07) is 10.7. The monoisotopic (exact) mass is 205 g/mol. The summed E-state index contributed by atoms with van der Waals surface area (Å²) in [5, 5.41) is 3.51. The van der Waals surface area contributed by atoms with E-state index in [2.05, 4.69) is 49.5 Å². The van der Waals surface area contributed by atoms with E-state index in [9.17, 15) is 0 Å². The standard InChI is InChI=1S/C14H23N/c1-3-13(2)12-15-11-7-10-14-8-5-4-6-9-14/h4-6,8-9,13,15H,3,7,10-12H2,1-2H3. The maximum absolute atomic E-state index is 3.51. The zero-order chi connectivity index (χ0) is 10.9. The molecule has 0 aromatic heterocycles. The number of rotatable bonds is 7. The average Bonchev–Trinajstić information content (AvgIpc) is 2.29. The molecule has 1 N–H and O–H groups in total. The molecule has 1 heteroatoms. The van der Waals surface area contributed by atoms with Crippen LogP contribution >= 0.6 is 0 Å². The zero-order valence-corrected chi connectivity index (χ0v) is 10.00. The van der Waals surface area contributed by atoms with Crippen molar-refractivity contribution in [2.45, 2.75) is 33.1 Å². The third kappa shape index (κ3) is 5.58. The lowest BCUT2D eigenvalue weighted by molar-refractivity contribution is 0.496. The van der Waals surface area contributed by atoms with Crippen LogP contribution in [-0.2, 0) is 6.42 Å². The summed E-state index contributed by atoms with van der Waals surface area (Å²) in [6.07, 6.45) is 3.69. The van der Waals surface area contributed by atoms with Crippen LogP contribution in [0.2, 0.25) is 0 Å². The smallest absolute Gasteiger partial charge is 0.00233 e. The van der Waals surface area contributed by atoms with Crippen molar-refractivity contribution in [2.75, 3.05) is 13.1 Å². The molecule has 15 heavy (non-hydrogen) atoms. The first kappa shape index (κ1) is 12.3. The van der Waals surface area contributed by atoms with Crippen LogP contribution in [0.25, 0.3) is 0 Å². The average molecular weight is 205 g/mol. The van der Waals surface area contributed by atoms with Crippen molar-refractivity contribution >= 4 is 0 Å². The Balaban J connectivity index is 2.03. The fraction of sp³-hybridized carbons (Fsp3) is 0.571. The van der Waals surface area contributed by atoms with E-state index >= 15 is 0 Å². The van der Waals surface area contributed by atoms with Gasteiger partial charge in [0.15, 0.2) is 0 Å². The Bertz CT molecular complexity index is 243. The lowest BCUT2D eigenvalue weighted by Crippen LogP contribution is -2.22. The van der Waals surface area contributed by atoms with Crippen molar-refractivity contribution in [1.82, 2.24) is 5.32 Å². The molecule has 0 spiro atoms. The van der Waals surface area contributed by atoms with E-state index in [1.54, 1.807) is 0 Å². The van der Waals surface area contributed by atoms with Crippen molar-refractivity contribution in [3.63, 3.8) is 0 Å². The third-order valence-electron chi connectivity index (χ3n) is 2.85. The van der Waals surface area contributed by atoms with Crippen LogP contribution in [0, 0.1) is 5.92 Å². The van der Waals surface area contributed by atoms with Gasteiger partial charge in [0, 0.05) is 0 Å². The first-order valence-corrected chi connectivity index (χ1v) is 6.07. The molecule has 0 fully saturated rings. The molecule has 0 aliphatic carbocycles. The quantitative estimate of drug-likeness (QED) is 0.674. The summed E-state index contributed by atoms with van der Waals surface area (Å²) in [7, 11) is 0. The van der Waals surface area contributed by atoms with Gasteiger partial charge in [-0.2, -0.15) is 0 Å². The fourth-order valence-corrected chi connectivity index (χ4v) is 1.55.